The predicted molar refractivity (Wildman–Crippen MR) is 62.6 cm³/mol. The van der Waals surface area contributed by atoms with Crippen LogP contribution in [-0.4, -0.2) is 36.1 Å². The third-order valence-electron chi connectivity index (χ3n) is 4.44. The number of piperazine rings is 1. The normalized spacial score (nSPS) is 40.1. The van der Waals surface area contributed by atoms with Gasteiger partial charge >= 0.3 is 0 Å². The Balaban J connectivity index is 2.91. The van der Waals surface area contributed by atoms with Gasteiger partial charge in [0.05, 0.1) is 0 Å². The van der Waals surface area contributed by atoms with Crippen LogP contribution >= 0.6 is 0 Å². The molecule has 2 nitrogen and oxygen atoms in total. The summed E-state index contributed by atoms with van der Waals surface area (Å²) in [5.41, 5.74) is 0.588. The van der Waals surface area contributed by atoms with Crippen molar-refractivity contribution in [1.82, 2.24) is 10.2 Å². The molecule has 1 fully saturated rings. The molecule has 0 aliphatic carbocycles. The molecular formula is C12H26N2. The van der Waals surface area contributed by atoms with Crippen molar-refractivity contribution < 1.29 is 0 Å². The summed E-state index contributed by atoms with van der Waals surface area (Å²) in [6.07, 6.45) is 3.74. The summed E-state index contributed by atoms with van der Waals surface area (Å²) < 4.78 is 0. The van der Waals surface area contributed by atoms with Gasteiger partial charge in [-0.2, -0.15) is 0 Å². The van der Waals surface area contributed by atoms with E-state index >= 15 is 0 Å². The molecule has 0 aromatic rings. The maximum Gasteiger partial charge on any atom is 0.0357 e. The third kappa shape index (κ3) is 1.70. The summed E-state index contributed by atoms with van der Waals surface area (Å²) in [4.78, 5) is 2.54. The highest BCUT2D eigenvalue weighted by Gasteiger charge is 2.47. The Morgan fingerprint density at radius 3 is 2.43 bits per heavy atom. The highest BCUT2D eigenvalue weighted by atomic mass is 15.3. The third-order valence-corrected chi connectivity index (χ3v) is 4.44. The predicted octanol–water partition coefficient (Wildman–Crippen LogP) is 2.25. The lowest BCUT2D eigenvalue weighted by Gasteiger charge is -2.56. The zero-order chi connectivity index (χ0) is 10.8. The summed E-state index contributed by atoms with van der Waals surface area (Å²) >= 11 is 0. The molecule has 1 heterocycles. The highest BCUT2D eigenvalue weighted by molar-refractivity contribution is 5.07. The second kappa shape index (κ2) is 4.19. The van der Waals surface area contributed by atoms with Gasteiger partial charge < -0.3 is 5.32 Å². The molecule has 0 spiro atoms. The minimum Gasteiger partial charge on any atom is -0.308 e. The van der Waals surface area contributed by atoms with Crippen LogP contribution < -0.4 is 5.32 Å². The van der Waals surface area contributed by atoms with Crippen LogP contribution in [0.25, 0.3) is 0 Å². The van der Waals surface area contributed by atoms with Gasteiger partial charge in [0.15, 0.2) is 0 Å². The van der Waals surface area contributed by atoms with Crippen molar-refractivity contribution in [2.45, 2.75) is 58.0 Å². The van der Waals surface area contributed by atoms with Crippen LogP contribution in [0.2, 0.25) is 0 Å². The lowest BCUT2D eigenvalue weighted by atomic mass is 9.72. The minimum atomic E-state index is 0.274. The van der Waals surface area contributed by atoms with Crippen molar-refractivity contribution in [2.75, 3.05) is 20.1 Å². The molecule has 2 atom stereocenters. The van der Waals surface area contributed by atoms with Crippen LogP contribution in [0.1, 0.15) is 47.0 Å². The molecule has 0 amide bonds. The molecule has 1 aliphatic rings. The maximum atomic E-state index is 3.71. The molecule has 0 aromatic carbocycles. The fourth-order valence-corrected chi connectivity index (χ4v) is 2.82. The van der Waals surface area contributed by atoms with E-state index in [0.717, 1.165) is 6.54 Å². The molecule has 2 heteroatoms. The van der Waals surface area contributed by atoms with E-state index in [9.17, 15) is 0 Å². The van der Waals surface area contributed by atoms with Gasteiger partial charge in [-0.3, -0.25) is 4.90 Å². The van der Waals surface area contributed by atoms with Gasteiger partial charge in [-0.25, -0.2) is 0 Å². The molecule has 0 saturated carbocycles. The number of likely N-dealkylation sites (N-methyl/N-ethyl adjacent to an activating group) is 1. The Morgan fingerprint density at radius 2 is 1.93 bits per heavy atom. The van der Waals surface area contributed by atoms with Crippen LogP contribution in [-0.2, 0) is 0 Å². The molecule has 0 bridgehead atoms. The minimum absolute atomic E-state index is 0.274. The second-order valence-electron chi connectivity index (χ2n) is 5.06. The van der Waals surface area contributed by atoms with Gasteiger partial charge in [0.1, 0.15) is 0 Å². The van der Waals surface area contributed by atoms with E-state index in [2.05, 4.69) is 45.0 Å². The van der Waals surface area contributed by atoms with Crippen molar-refractivity contribution in [2.24, 2.45) is 0 Å². The first-order chi connectivity index (χ1) is 6.50. The molecule has 0 radical (unpaired) electrons. The van der Waals surface area contributed by atoms with Crippen LogP contribution in [0.4, 0.5) is 0 Å². The number of hydrogen-bond acceptors (Lipinski definition) is 2. The fourth-order valence-electron chi connectivity index (χ4n) is 2.82. The van der Waals surface area contributed by atoms with Gasteiger partial charge in [0, 0.05) is 24.2 Å². The van der Waals surface area contributed by atoms with Crippen molar-refractivity contribution in [3.8, 4) is 0 Å². The van der Waals surface area contributed by atoms with Crippen molar-refractivity contribution in [1.29, 1.82) is 0 Å². The zero-order valence-electron chi connectivity index (χ0n) is 10.5. The van der Waals surface area contributed by atoms with Crippen molar-refractivity contribution in [3.63, 3.8) is 0 Å². The monoisotopic (exact) mass is 198 g/mol. The van der Waals surface area contributed by atoms with Crippen LogP contribution in [0.15, 0.2) is 0 Å². The standard InChI is InChI=1S/C12H26N2/c1-6-8-12(4)11(3,7-2)13-9-10-14(12)5/h13H,6-10H2,1-5H3. The zero-order valence-corrected chi connectivity index (χ0v) is 10.5. The van der Waals surface area contributed by atoms with Gasteiger partial charge in [0.25, 0.3) is 0 Å². The van der Waals surface area contributed by atoms with E-state index in [0.29, 0.717) is 5.54 Å². The van der Waals surface area contributed by atoms with Gasteiger partial charge in [-0.1, -0.05) is 20.3 Å². The molecule has 1 saturated heterocycles. The van der Waals surface area contributed by atoms with E-state index in [1.165, 1.54) is 25.8 Å². The van der Waals surface area contributed by atoms with E-state index < -0.39 is 0 Å². The van der Waals surface area contributed by atoms with Gasteiger partial charge in [0.2, 0.25) is 0 Å². The quantitative estimate of drug-likeness (QED) is 0.748. The molecule has 14 heavy (non-hydrogen) atoms. The Labute approximate surface area is 89.1 Å². The summed E-state index contributed by atoms with van der Waals surface area (Å²) in [6.45, 7) is 11.7. The smallest absolute Gasteiger partial charge is 0.0357 e. The highest BCUT2D eigenvalue weighted by Crippen LogP contribution is 2.36. The van der Waals surface area contributed by atoms with E-state index in [1.807, 2.05) is 0 Å². The molecule has 2 unspecified atom stereocenters. The van der Waals surface area contributed by atoms with Gasteiger partial charge in [-0.05, 0) is 33.7 Å². The first kappa shape index (κ1) is 12.0. The molecule has 1 aliphatic heterocycles. The summed E-state index contributed by atoms with van der Waals surface area (Å²) in [5, 5.41) is 3.71. The Hall–Kier alpha value is -0.0800. The fraction of sp³-hybridized carbons (Fsp3) is 1.00. The number of hydrogen-bond donors (Lipinski definition) is 1. The molecule has 84 valence electrons. The number of nitrogens with zero attached hydrogens (tertiary/aromatic N) is 1. The molecular weight excluding hydrogens is 172 g/mol. The van der Waals surface area contributed by atoms with E-state index in [4.69, 9.17) is 0 Å². The van der Waals surface area contributed by atoms with Crippen LogP contribution in [0.3, 0.4) is 0 Å². The Kier molecular flexibility index (Phi) is 3.59. The summed E-state index contributed by atoms with van der Waals surface area (Å²) in [5.74, 6) is 0. The lowest BCUT2D eigenvalue weighted by molar-refractivity contribution is -0.00687. The number of rotatable bonds is 3. The van der Waals surface area contributed by atoms with Gasteiger partial charge in [-0.15, -0.1) is 0 Å². The summed E-state index contributed by atoms with van der Waals surface area (Å²) in [7, 11) is 2.27. The van der Waals surface area contributed by atoms with E-state index in [1.54, 1.807) is 0 Å². The molecule has 1 N–H and O–H groups in total. The SMILES string of the molecule is CCCC1(C)N(C)CCNC1(C)CC. The van der Waals surface area contributed by atoms with Crippen molar-refractivity contribution in [3.05, 3.63) is 0 Å². The number of nitrogens with one attached hydrogen (secondary N) is 1. The largest absolute Gasteiger partial charge is 0.308 e. The first-order valence-electron chi connectivity index (χ1n) is 5.96. The average Bonchev–Trinajstić information content (AvgIpc) is 2.15. The Morgan fingerprint density at radius 1 is 1.29 bits per heavy atom. The summed E-state index contributed by atoms with van der Waals surface area (Å²) in [6, 6.07) is 0. The van der Waals surface area contributed by atoms with Crippen LogP contribution in [0, 0.1) is 0 Å². The second-order valence-corrected chi connectivity index (χ2v) is 5.06. The first-order valence-corrected chi connectivity index (χ1v) is 5.96. The average molecular weight is 198 g/mol. The Bertz CT molecular complexity index is 193. The van der Waals surface area contributed by atoms with Crippen molar-refractivity contribution >= 4 is 0 Å². The topological polar surface area (TPSA) is 15.3 Å². The van der Waals surface area contributed by atoms with Crippen LogP contribution in [0.5, 0.6) is 0 Å². The maximum absolute atomic E-state index is 3.71. The lowest BCUT2D eigenvalue weighted by Crippen LogP contribution is -2.71. The van der Waals surface area contributed by atoms with E-state index in [-0.39, 0.29) is 5.54 Å². The molecule has 1 rings (SSSR count). The molecule has 0 aromatic heterocycles.